The monoisotopic (exact) mass is 263 g/mol. The third-order valence-corrected chi connectivity index (χ3v) is 2.94. The van der Waals surface area contributed by atoms with Crippen molar-refractivity contribution in [2.24, 2.45) is 5.84 Å². The Morgan fingerprint density at radius 2 is 2.11 bits per heavy atom. The van der Waals surface area contributed by atoms with Crippen LogP contribution in [0.2, 0.25) is 5.15 Å². The number of hydrazine groups is 1. The zero-order valence-corrected chi connectivity index (χ0v) is 10.4. The minimum atomic E-state index is -0.0822. The van der Waals surface area contributed by atoms with Crippen LogP contribution in [0.4, 0.5) is 5.69 Å². The molecule has 1 atom stereocenters. The molecule has 2 aromatic rings. The number of nitrogen functional groups attached to an aromatic ring is 1. The summed E-state index contributed by atoms with van der Waals surface area (Å²) < 4.78 is 0. The second kappa shape index (κ2) is 5.77. The molecule has 0 radical (unpaired) electrons. The first-order valence-corrected chi connectivity index (χ1v) is 5.84. The quantitative estimate of drug-likeness (QED) is 0.441. The maximum atomic E-state index is 5.88. The van der Waals surface area contributed by atoms with Crippen LogP contribution in [-0.2, 0) is 6.42 Å². The average molecular weight is 264 g/mol. The molecule has 2 heterocycles. The van der Waals surface area contributed by atoms with Crippen LogP contribution in [0.5, 0.6) is 0 Å². The highest BCUT2D eigenvalue weighted by atomic mass is 35.5. The maximum Gasteiger partial charge on any atom is 0.129 e. The lowest BCUT2D eigenvalue weighted by atomic mass is 10.0. The van der Waals surface area contributed by atoms with E-state index in [0.717, 1.165) is 11.1 Å². The first-order valence-electron chi connectivity index (χ1n) is 5.46. The van der Waals surface area contributed by atoms with Gasteiger partial charge in [-0.3, -0.25) is 16.3 Å². The number of rotatable bonds is 4. The molecular weight excluding hydrogens is 250 g/mol. The number of anilines is 1. The third kappa shape index (κ3) is 2.95. The van der Waals surface area contributed by atoms with E-state index in [2.05, 4.69) is 15.4 Å². The van der Waals surface area contributed by atoms with Crippen molar-refractivity contribution in [3.8, 4) is 0 Å². The van der Waals surface area contributed by atoms with E-state index in [0.29, 0.717) is 17.3 Å². The molecule has 18 heavy (non-hydrogen) atoms. The summed E-state index contributed by atoms with van der Waals surface area (Å²) in [6.45, 7) is 0. The standard InChI is InChI=1S/C12H14ClN5/c13-12-2-1-8(7-17-12)11(18-15)5-9-6-16-4-3-10(9)14/h1-4,6-7,11,18H,5,15H2,(H2,14,16). The van der Waals surface area contributed by atoms with Crippen LogP contribution in [-0.4, -0.2) is 9.97 Å². The molecule has 5 N–H and O–H groups in total. The zero-order chi connectivity index (χ0) is 13.0. The van der Waals surface area contributed by atoms with Gasteiger partial charge >= 0.3 is 0 Å². The van der Waals surface area contributed by atoms with Crippen molar-refractivity contribution >= 4 is 17.3 Å². The highest BCUT2D eigenvalue weighted by molar-refractivity contribution is 6.29. The van der Waals surface area contributed by atoms with E-state index < -0.39 is 0 Å². The van der Waals surface area contributed by atoms with Gasteiger partial charge in [0.15, 0.2) is 0 Å². The van der Waals surface area contributed by atoms with Crippen LogP contribution in [0.3, 0.4) is 0 Å². The number of nitrogens with two attached hydrogens (primary N) is 2. The van der Waals surface area contributed by atoms with E-state index in [1.807, 2.05) is 6.07 Å². The van der Waals surface area contributed by atoms with E-state index in [4.69, 9.17) is 23.2 Å². The third-order valence-electron chi connectivity index (χ3n) is 2.72. The summed E-state index contributed by atoms with van der Waals surface area (Å²) in [5.41, 5.74) is 11.2. The van der Waals surface area contributed by atoms with Crippen LogP contribution < -0.4 is 17.0 Å². The Bertz CT molecular complexity index is 514. The van der Waals surface area contributed by atoms with Crippen LogP contribution >= 0.6 is 11.6 Å². The summed E-state index contributed by atoms with van der Waals surface area (Å²) >= 11 is 5.75. The average Bonchev–Trinajstić information content (AvgIpc) is 2.39. The molecule has 2 rings (SSSR count). The Kier molecular flexibility index (Phi) is 4.09. The van der Waals surface area contributed by atoms with Crippen molar-refractivity contribution in [1.29, 1.82) is 0 Å². The van der Waals surface area contributed by atoms with Gasteiger partial charge in [-0.15, -0.1) is 0 Å². The Balaban J connectivity index is 2.20. The van der Waals surface area contributed by atoms with Crippen LogP contribution in [0.1, 0.15) is 17.2 Å². The number of aromatic nitrogens is 2. The fraction of sp³-hybridized carbons (Fsp3) is 0.167. The van der Waals surface area contributed by atoms with Gasteiger partial charge in [-0.2, -0.15) is 0 Å². The summed E-state index contributed by atoms with van der Waals surface area (Å²) in [6.07, 6.45) is 5.73. The number of halogens is 1. The first kappa shape index (κ1) is 12.8. The molecule has 0 saturated carbocycles. The minimum Gasteiger partial charge on any atom is -0.398 e. The van der Waals surface area contributed by atoms with Crippen molar-refractivity contribution < 1.29 is 0 Å². The molecule has 0 aromatic carbocycles. The molecule has 0 saturated heterocycles. The molecule has 0 fully saturated rings. The predicted octanol–water partition coefficient (Wildman–Crippen LogP) is 1.46. The predicted molar refractivity (Wildman–Crippen MR) is 71.7 cm³/mol. The van der Waals surface area contributed by atoms with Gasteiger partial charge in [-0.05, 0) is 29.7 Å². The number of hydrogen-bond donors (Lipinski definition) is 3. The van der Waals surface area contributed by atoms with Gasteiger partial charge in [-0.1, -0.05) is 17.7 Å². The van der Waals surface area contributed by atoms with E-state index >= 15 is 0 Å². The van der Waals surface area contributed by atoms with Crippen molar-refractivity contribution in [1.82, 2.24) is 15.4 Å². The van der Waals surface area contributed by atoms with Gasteiger partial charge in [-0.25, -0.2) is 4.98 Å². The topological polar surface area (TPSA) is 89.8 Å². The van der Waals surface area contributed by atoms with Crippen LogP contribution in [0.25, 0.3) is 0 Å². The Morgan fingerprint density at radius 3 is 2.72 bits per heavy atom. The Morgan fingerprint density at radius 1 is 1.28 bits per heavy atom. The summed E-state index contributed by atoms with van der Waals surface area (Å²) in [5, 5.41) is 0.454. The highest BCUT2D eigenvalue weighted by Crippen LogP contribution is 2.20. The Hall–Kier alpha value is -1.69. The molecule has 5 nitrogen and oxygen atoms in total. The normalized spacial score (nSPS) is 12.3. The molecular formula is C12H14ClN5. The van der Waals surface area contributed by atoms with Gasteiger partial charge in [0.1, 0.15) is 5.15 Å². The molecule has 0 amide bonds. The molecule has 1 unspecified atom stereocenters. The Labute approximate surface area is 110 Å². The lowest BCUT2D eigenvalue weighted by Crippen LogP contribution is -2.29. The molecule has 0 aliphatic carbocycles. The lowest BCUT2D eigenvalue weighted by molar-refractivity contribution is 0.550. The number of nitrogens with one attached hydrogen (secondary N) is 1. The largest absolute Gasteiger partial charge is 0.398 e. The van der Waals surface area contributed by atoms with E-state index in [-0.39, 0.29) is 6.04 Å². The second-order valence-corrected chi connectivity index (χ2v) is 4.30. The second-order valence-electron chi connectivity index (χ2n) is 3.91. The number of hydrogen-bond acceptors (Lipinski definition) is 5. The fourth-order valence-corrected chi connectivity index (χ4v) is 1.81. The van der Waals surface area contributed by atoms with Gasteiger partial charge < -0.3 is 5.73 Å². The van der Waals surface area contributed by atoms with Crippen LogP contribution in [0.15, 0.2) is 36.8 Å². The highest BCUT2D eigenvalue weighted by Gasteiger charge is 2.12. The van der Waals surface area contributed by atoms with Crippen molar-refractivity contribution in [3.63, 3.8) is 0 Å². The maximum absolute atomic E-state index is 5.88. The van der Waals surface area contributed by atoms with E-state index in [9.17, 15) is 0 Å². The van der Waals surface area contributed by atoms with Gasteiger partial charge in [0, 0.05) is 24.3 Å². The summed E-state index contributed by atoms with van der Waals surface area (Å²) in [4.78, 5) is 8.09. The number of pyridine rings is 2. The lowest BCUT2D eigenvalue weighted by Gasteiger charge is -2.16. The van der Waals surface area contributed by atoms with E-state index in [1.54, 1.807) is 30.7 Å². The smallest absolute Gasteiger partial charge is 0.129 e. The zero-order valence-electron chi connectivity index (χ0n) is 9.68. The van der Waals surface area contributed by atoms with Crippen molar-refractivity contribution in [2.75, 3.05) is 5.73 Å². The summed E-state index contributed by atoms with van der Waals surface area (Å²) in [6, 6.07) is 5.30. The van der Waals surface area contributed by atoms with Crippen LogP contribution in [0, 0.1) is 0 Å². The fourth-order valence-electron chi connectivity index (χ4n) is 1.69. The van der Waals surface area contributed by atoms with Crippen molar-refractivity contribution in [2.45, 2.75) is 12.5 Å². The van der Waals surface area contributed by atoms with Gasteiger partial charge in [0.2, 0.25) is 0 Å². The first-order chi connectivity index (χ1) is 8.70. The molecule has 94 valence electrons. The van der Waals surface area contributed by atoms with E-state index in [1.165, 1.54) is 0 Å². The molecule has 6 heteroatoms. The SMILES string of the molecule is NNC(Cc1cnccc1N)c1ccc(Cl)nc1. The molecule has 0 aliphatic heterocycles. The summed E-state index contributed by atoms with van der Waals surface area (Å²) in [5.74, 6) is 5.57. The van der Waals surface area contributed by atoms with Gasteiger partial charge in [0.05, 0.1) is 6.04 Å². The van der Waals surface area contributed by atoms with Crippen molar-refractivity contribution in [3.05, 3.63) is 53.1 Å². The molecule has 0 bridgehead atoms. The van der Waals surface area contributed by atoms with Gasteiger partial charge in [0.25, 0.3) is 0 Å². The molecule has 2 aromatic heterocycles. The molecule has 0 spiro atoms. The number of nitrogens with zero attached hydrogens (tertiary/aromatic N) is 2. The minimum absolute atomic E-state index is 0.0822. The summed E-state index contributed by atoms with van der Waals surface area (Å²) in [7, 11) is 0. The molecule has 0 aliphatic rings.